The third-order valence-electron chi connectivity index (χ3n) is 10.6. The average Bonchev–Trinajstić information content (AvgIpc) is 3.46. The van der Waals surface area contributed by atoms with Gasteiger partial charge in [0.1, 0.15) is 12.6 Å². The van der Waals surface area contributed by atoms with Crippen LogP contribution in [0.25, 0.3) is 0 Å². The quantitative estimate of drug-likeness (QED) is 0.186. The van der Waals surface area contributed by atoms with E-state index in [1.165, 1.54) is 10.5 Å². The molecule has 4 aromatic carbocycles. The number of imide groups is 1. The van der Waals surface area contributed by atoms with Crippen LogP contribution in [0.4, 0.5) is 4.79 Å². The van der Waals surface area contributed by atoms with E-state index < -0.39 is 24.3 Å². The van der Waals surface area contributed by atoms with Crippen LogP contribution in [0.3, 0.4) is 0 Å². The van der Waals surface area contributed by atoms with Gasteiger partial charge in [0, 0.05) is 50.7 Å². The number of carbonyl (C=O) groups is 3. The van der Waals surface area contributed by atoms with Crippen molar-refractivity contribution < 1.29 is 33.7 Å². The van der Waals surface area contributed by atoms with Crippen LogP contribution in [-0.2, 0) is 50.1 Å². The summed E-state index contributed by atoms with van der Waals surface area (Å²) in [6.45, 7) is 7.90. The Labute approximate surface area is 316 Å². The van der Waals surface area contributed by atoms with Gasteiger partial charge < -0.3 is 24.6 Å². The molecule has 3 saturated heterocycles. The van der Waals surface area contributed by atoms with E-state index in [1.807, 2.05) is 78.9 Å². The molecule has 5 atom stereocenters. The highest BCUT2D eigenvalue weighted by Crippen LogP contribution is 2.42. The maximum atomic E-state index is 13.2. The number of amides is 3. The van der Waals surface area contributed by atoms with Crippen LogP contribution in [0.15, 0.2) is 109 Å². The van der Waals surface area contributed by atoms with Crippen LogP contribution in [0, 0.1) is 5.92 Å². The zero-order valence-corrected chi connectivity index (χ0v) is 30.6. The van der Waals surface area contributed by atoms with Crippen molar-refractivity contribution in [3.8, 4) is 0 Å². The smallest absolute Gasteiger partial charge is 0.408 e. The topological polar surface area (TPSA) is 121 Å². The molecule has 0 aliphatic carbocycles. The summed E-state index contributed by atoms with van der Waals surface area (Å²) >= 11 is 0. The SMILES string of the molecule is C[C@H]1[C@@H](CN2CCN(Cc3ccccc3)CC2)O[C@@H](c2ccc(CN3C(=O)CC(NC(=O)OCc4ccccc4)C3=O)cc2)O[C@H]1c1ccc(CO)cc1. The molecule has 0 radical (unpaired) electrons. The molecule has 3 fully saturated rings. The van der Waals surface area contributed by atoms with Crippen LogP contribution in [-0.4, -0.2) is 82.6 Å². The molecule has 2 N–H and O–H groups in total. The molecule has 54 heavy (non-hydrogen) atoms. The molecule has 282 valence electrons. The summed E-state index contributed by atoms with van der Waals surface area (Å²) < 4.78 is 18.7. The first-order chi connectivity index (χ1) is 26.3. The molecule has 4 aromatic rings. The van der Waals surface area contributed by atoms with Gasteiger partial charge in [0.2, 0.25) is 5.91 Å². The number of ether oxygens (including phenoxy) is 3. The first kappa shape index (κ1) is 37.4. The fraction of sp³-hybridized carbons (Fsp3) is 0.372. The zero-order valence-electron chi connectivity index (χ0n) is 30.6. The lowest BCUT2D eigenvalue weighted by molar-refractivity contribution is -0.276. The number of nitrogens with one attached hydrogen (secondary N) is 1. The number of benzene rings is 4. The highest BCUT2D eigenvalue weighted by atomic mass is 16.7. The molecule has 7 rings (SSSR count). The fourth-order valence-electron chi connectivity index (χ4n) is 7.39. The Morgan fingerprint density at radius 3 is 2.00 bits per heavy atom. The predicted molar refractivity (Wildman–Crippen MR) is 201 cm³/mol. The van der Waals surface area contributed by atoms with Gasteiger partial charge in [-0.05, 0) is 27.8 Å². The molecule has 1 unspecified atom stereocenters. The number of hydrogen-bond acceptors (Lipinski definition) is 9. The Morgan fingerprint density at radius 2 is 1.33 bits per heavy atom. The van der Waals surface area contributed by atoms with Gasteiger partial charge in [-0.2, -0.15) is 0 Å². The monoisotopic (exact) mass is 732 g/mol. The molecule has 3 amide bonds. The number of rotatable bonds is 12. The first-order valence-electron chi connectivity index (χ1n) is 18.7. The predicted octanol–water partition coefficient (Wildman–Crippen LogP) is 5.34. The minimum Gasteiger partial charge on any atom is -0.445 e. The number of hydrogen-bond donors (Lipinski definition) is 2. The number of aliphatic hydroxyl groups excluding tert-OH is 1. The van der Waals surface area contributed by atoms with Crippen molar-refractivity contribution in [1.29, 1.82) is 0 Å². The van der Waals surface area contributed by atoms with E-state index in [0.29, 0.717) is 0 Å². The molecular weight excluding hydrogens is 684 g/mol. The molecule has 0 aromatic heterocycles. The van der Waals surface area contributed by atoms with Gasteiger partial charge in [-0.25, -0.2) is 4.79 Å². The Hall–Kier alpha value is -4.91. The summed E-state index contributed by atoms with van der Waals surface area (Å²) in [6.07, 6.45) is -1.83. The lowest BCUT2D eigenvalue weighted by Gasteiger charge is -2.44. The van der Waals surface area contributed by atoms with E-state index in [0.717, 1.165) is 67.1 Å². The van der Waals surface area contributed by atoms with Crippen molar-refractivity contribution in [3.63, 3.8) is 0 Å². The number of piperazine rings is 1. The van der Waals surface area contributed by atoms with Gasteiger partial charge in [0.25, 0.3) is 5.91 Å². The van der Waals surface area contributed by atoms with E-state index in [1.54, 1.807) is 0 Å². The van der Waals surface area contributed by atoms with Crippen LogP contribution in [0.2, 0.25) is 0 Å². The number of carbonyl (C=O) groups excluding carboxylic acids is 3. The summed E-state index contributed by atoms with van der Waals surface area (Å²) in [5.41, 5.74) is 5.61. The van der Waals surface area contributed by atoms with Crippen molar-refractivity contribution in [2.24, 2.45) is 5.92 Å². The molecule has 0 saturated carbocycles. The highest BCUT2D eigenvalue weighted by Gasteiger charge is 2.41. The second-order valence-corrected chi connectivity index (χ2v) is 14.4. The van der Waals surface area contributed by atoms with Gasteiger partial charge >= 0.3 is 6.09 Å². The summed E-state index contributed by atoms with van der Waals surface area (Å²) in [6, 6.07) is 34.3. The summed E-state index contributed by atoms with van der Waals surface area (Å²) in [4.78, 5) is 44.6. The van der Waals surface area contributed by atoms with Gasteiger partial charge in [-0.3, -0.25) is 24.3 Å². The van der Waals surface area contributed by atoms with Gasteiger partial charge in [0.15, 0.2) is 6.29 Å². The van der Waals surface area contributed by atoms with Crippen LogP contribution in [0.1, 0.15) is 59.1 Å². The molecule has 3 aliphatic heterocycles. The second-order valence-electron chi connectivity index (χ2n) is 14.4. The first-order valence-corrected chi connectivity index (χ1v) is 18.7. The standard InChI is InChI=1S/C43H48N4O7/c1-30-38(27-46-22-20-45(21-23-46)25-31-8-4-2-5-9-31)53-42(54-40(30)35-16-14-33(28-48)15-17-35)36-18-12-32(13-19-36)26-47-39(49)24-37(41(47)50)44-43(51)52-29-34-10-6-3-7-11-34/h2-19,30,37-38,40,42,48H,20-29H2,1H3,(H,44,51)/t30-,37?,38+,40+,42+/m0/s1. The average molecular weight is 733 g/mol. The molecular formula is C43H48N4O7. The van der Waals surface area contributed by atoms with E-state index in [4.69, 9.17) is 14.2 Å². The minimum absolute atomic E-state index is 0.0224. The van der Waals surface area contributed by atoms with E-state index >= 15 is 0 Å². The summed E-state index contributed by atoms with van der Waals surface area (Å²) in [5, 5.41) is 12.2. The Balaban J connectivity index is 0.982. The van der Waals surface area contributed by atoms with Gasteiger partial charge in [0.05, 0.1) is 31.8 Å². The van der Waals surface area contributed by atoms with Gasteiger partial charge in [-0.15, -0.1) is 0 Å². The molecule has 3 heterocycles. The fourth-order valence-corrected chi connectivity index (χ4v) is 7.39. The summed E-state index contributed by atoms with van der Waals surface area (Å²) in [7, 11) is 0. The molecule has 0 bridgehead atoms. The summed E-state index contributed by atoms with van der Waals surface area (Å²) in [5.74, 6) is -0.760. The lowest BCUT2D eigenvalue weighted by Crippen LogP contribution is -2.51. The van der Waals surface area contributed by atoms with E-state index in [9.17, 15) is 19.5 Å². The molecule has 11 heteroatoms. The maximum Gasteiger partial charge on any atom is 0.408 e. The minimum atomic E-state index is -0.974. The van der Waals surface area contributed by atoms with Crippen molar-refractivity contribution in [2.75, 3.05) is 32.7 Å². The normalized spacial score (nSPS) is 23.7. The zero-order chi connectivity index (χ0) is 37.4. The molecule has 11 nitrogen and oxygen atoms in total. The van der Waals surface area contributed by atoms with Crippen molar-refractivity contribution in [1.82, 2.24) is 20.0 Å². The molecule has 3 aliphatic rings. The number of nitrogens with zero attached hydrogens (tertiary/aromatic N) is 3. The van der Waals surface area contributed by atoms with Crippen molar-refractivity contribution >= 4 is 17.9 Å². The number of aliphatic hydroxyl groups is 1. The van der Waals surface area contributed by atoms with Crippen molar-refractivity contribution in [2.45, 2.75) is 64.2 Å². The van der Waals surface area contributed by atoms with Gasteiger partial charge in [-0.1, -0.05) is 116 Å². The van der Waals surface area contributed by atoms with Crippen molar-refractivity contribution in [3.05, 3.63) is 143 Å². The molecule has 0 spiro atoms. The lowest BCUT2D eigenvalue weighted by atomic mass is 9.90. The highest BCUT2D eigenvalue weighted by molar-refractivity contribution is 6.06. The van der Waals surface area contributed by atoms with E-state index in [2.05, 4.69) is 52.4 Å². The number of likely N-dealkylation sites (tertiary alicyclic amines) is 1. The van der Waals surface area contributed by atoms with Crippen LogP contribution >= 0.6 is 0 Å². The third-order valence-corrected chi connectivity index (χ3v) is 10.6. The third kappa shape index (κ3) is 9.23. The Morgan fingerprint density at radius 1 is 0.741 bits per heavy atom. The Kier molecular flexibility index (Phi) is 12.1. The second kappa shape index (κ2) is 17.5. The largest absolute Gasteiger partial charge is 0.445 e. The maximum absolute atomic E-state index is 13.2. The van der Waals surface area contributed by atoms with Crippen LogP contribution < -0.4 is 5.32 Å². The van der Waals surface area contributed by atoms with Crippen LogP contribution in [0.5, 0.6) is 0 Å². The number of alkyl carbamates (subject to hydrolysis) is 1. The Bertz CT molecular complexity index is 1850. The van der Waals surface area contributed by atoms with E-state index in [-0.39, 0.29) is 50.2 Å².